The van der Waals surface area contributed by atoms with Gasteiger partial charge in [-0.25, -0.2) is 0 Å². The predicted molar refractivity (Wildman–Crippen MR) is 70.9 cm³/mol. The van der Waals surface area contributed by atoms with Gasteiger partial charge in [-0.15, -0.1) is 0 Å². The van der Waals surface area contributed by atoms with Crippen LogP contribution in [0.3, 0.4) is 0 Å². The third kappa shape index (κ3) is 1.74. The number of hydrogen-bond donors (Lipinski definition) is 1. The summed E-state index contributed by atoms with van der Waals surface area (Å²) in [4.78, 5) is 12.4. The SMILES string of the molecule is CC(N)(C(=O)c1cc2cccc(Cl)c2o1)C1CC1. The van der Waals surface area contributed by atoms with E-state index in [2.05, 4.69) is 0 Å². The normalized spacial score (nSPS) is 18.8. The van der Waals surface area contributed by atoms with E-state index < -0.39 is 5.54 Å². The Kier molecular flexibility index (Phi) is 2.50. The lowest BCUT2D eigenvalue weighted by molar-refractivity contribution is 0.0856. The van der Waals surface area contributed by atoms with E-state index in [1.165, 1.54) is 0 Å². The minimum atomic E-state index is -0.833. The van der Waals surface area contributed by atoms with Crippen molar-refractivity contribution in [2.75, 3.05) is 0 Å². The number of hydrogen-bond acceptors (Lipinski definition) is 3. The van der Waals surface area contributed by atoms with Crippen LogP contribution in [0, 0.1) is 5.92 Å². The Hall–Kier alpha value is -1.32. The Balaban J connectivity index is 2.04. The molecule has 1 saturated carbocycles. The van der Waals surface area contributed by atoms with Crippen LogP contribution in [-0.2, 0) is 0 Å². The summed E-state index contributed by atoms with van der Waals surface area (Å²) in [6.07, 6.45) is 2.03. The van der Waals surface area contributed by atoms with Crippen LogP contribution in [0.2, 0.25) is 5.02 Å². The van der Waals surface area contributed by atoms with Crippen molar-refractivity contribution < 1.29 is 9.21 Å². The number of rotatable bonds is 3. The van der Waals surface area contributed by atoms with Gasteiger partial charge in [-0.2, -0.15) is 0 Å². The average molecular weight is 264 g/mol. The molecule has 2 aromatic rings. The van der Waals surface area contributed by atoms with Crippen LogP contribution >= 0.6 is 11.6 Å². The first kappa shape index (κ1) is 11.8. The van der Waals surface area contributed by atoms with Crippen molar-refractivity contribution in [1.82, 2.24) is 0 Å². The lowest BCUT2D eigenvalue weighted by Gasteiger charge is -2.20. The minimum absolute atomic E-state index is 0.141. The standard InChI is InChI=1S/C14H14ClNO2/c1-14(16,9-5-6-9)13(17)11-7-8-3-2-4-10(15)12(8)18-11/h2-4,7,9H,5-6,16H2,1H3. The zero-order chi connectivity index (χ0) is 12.9. The molecule has 1 heterocycles. The number of nitrogens with two attached hydrogens (primary N) is 1. The molecule has 4 heteroatoms. The second kappa shape index (κ2) is 3.84. The van der Waals surface area contributed by atoms with Gasteiger partial charge >= 0.3 is 0 Å². The maximum atomic E-state index is 12.4. The molecule has 0 radical (unpaired) electrons. The summed E-state index contributed by atoms with van der Waals surface area (Å²) < 4.78 is 5.56. The van der Waals surface area contributed by atoms with E-state index in [0.717, 1.165) is 18.2 Å². The van der Waals surface area contributed by atoms with E-state index in [1.807, 2.05) is 12.1 Å². The number of benzene rings is 1. The predicted octanol–water partition coefficient (Wildman–Crippen LogP) is 3.40. The minimum Gasteiger partial charge on any atom is -0.451 e. The van der Waals surface area contributed by atoms with Crippen LogP contribution in [-0.4, -0.2) is 11.3 Å². The van der Waals surface area contributed by atoms with E-state index >= 15 is 0 Å². The van der Waals surface area contributed by atoms with Crippen LogP contribution < -0.4 is 5.73 Å². The molecule has 1 aliphatic carbocycles. The smallest absolute Gasteiger partial charge is 0.217 e. The Labute approximate surface area is 110 Å². The molecule has 18 heavy (non-hydrogen) atoms. The van der Waals surface area contributed by atoms with Gasteiger partial charge in [0, 0.05) is 5.39 Å². The van der Waals surface area contributed by atoms with Gasteiger partial charge in [-0.05, 0) is 37.8 Å². The second-order valence-corrected chi connectivity index (χ2v) is 5.56. The van der Waals surface area contributed by atoms with Gasteiger partial charge in [0.25, 0.3) is 0 Å². The summed E-state index contributed by atoms with van der Waals surface area (Å²) in [6.45, 7) is 1.78. The molecule has 2 N–H and O–H groups in total. The van der Waals surface area contributed by atoms with Gasteiger partial charge in [0.15, 0.2) is 11.3 Å². The number of para-hydroxylation sites is 1. The maximum absolute atomic E-state index is 12.4. The summed E-state index contributed by atoms with van der Waals surface area (Å²) in [7, 11) is 0. The van der Waals surface area contributed by atoms with Crippen LogP contribution in [0.5, 0.6) is 0 Å². The summed E-state index contributed by atoms with van der Waals surface area (Å²) >= 11 is 6.03. The number of carbonyl (C=O) groups excluding carboxylic acids is 1. The molecular weight excluding hydrogens is 250 g/mol. The fourth-order valence-electron chi connectivity index (χ4n) is 2.27. The van der Waals surface area contributed by atoms with Crippen molar-refractivity contribution in [2.45, 2.75) is 25.3 Å². The van der Waals surface area contributed by atoms with Crippen molar-refractivity contribution in [3.63, 3.8) is 0 Å². The molecule has 0 amide bonds. The van der Waals surface area contributed by atoms with Crippen molar-refractivity contribution >= 4 is 28.4 Å². The molecule has 1 unspecified atom stereocenters. The highest BCUT2D eigenvalue weighted by atomic mass is 35.5. The Morgan fingerprint density at radius 2 is 2.22 bits per heavy atom. The van der Waals surface area contributed by atoms with Crippen LogP contribution in [0.1, 0.15) is 30.3 Å². The van der Waals surface area contributed by atoms with Gasteiger partial charge in [-0.3, -0.25) is 4.79 Å². The summed E-state index contributed by atoms with van der Waals surface area (Å²) in [6, 6.07) is 7.16. The van der Waals surface area contributed by atoms with Gasteiger partial charge in [0.2, 0.25) is 5.78 Å². The third-order valence-corrected chi connectivity index (χ3v) is 3.93. The Bertz CT molecular complexity index is 626. The van der Waals surface area contributed by atoms with Gasteiger partial charge < -0.3 is 10.2 Å². The van der Waals surface area contributed by atoms with Crippen LogP contribution in [0.25, 0.3) is 11.0 Å². The molecule has 94 valence electrons. The zero-order valence-electron chi connectivity index (χ0n) is 10.1. The molecule has 3 nitrogen and oxygen atoms in total. The molecule has 1 aromatic heterocycles. The first-order chi connectivity index (χ1) is 8.50. The van der Waals surface area contributed by atoms with Gasteiger partial charge in [0.1, 0.15) is 0 Å². The topological polar surface area (TPSA) is 56.2 Å². The van der Waals surface area contributed by atoms with E-state index in [4.69, 9.17) is 21.8 Å². The highest BCUT2D eigenvalue weighted by molar-refractivity contribution is 6.34. The number of carbonyl (C=O) groups is 1. The highest BCUT2D eigenvalue weighted by Crippen LogP contribution is 2.40. The molecule has 0 bridgehead atoms. The first-order valence-electron chi connectivity index (χ1n) is 6.02. The van der Waals surface area contributed by atoms with E-state index in [0.29, 0.717) is 16.4 Å². The molecule has 0 spiro atoms. The number of furan rings is 1. The number of halogens is 1. The lowest BCUT2D eigenvalue weighted by Crippen LogP contribution is -2.46. The second-order valence-electron chi connectivity index (χ2n) is 5.15. The molecule has 0 aliphatic heterocycles. The van der Waals surface area contributed by atoms with E-state index in [9.17, 15) is 4.79 Å². The van der Waals surface area contributed by atoms with Crippen molar-refractivity contribution in [3.05, 3.63) is 35.0 Å². The number of ketones is 1. The quantitative estimate of drug-likeness (QED) is 0.864. The van der Waals surface area contributed by atoms with Crippen molar-refractivity contribution in [1.29, 1.82) is 0 Å². The first-order valence-corrected chi connectivity index (χ1v) is 6.39. The van der Waals surface area contributed by atoms with E-state index in [1.54, 1.807) is 19.1 Å². The van der Waals surface area contributed by atoms with Crippen LogP contribution in [0.15, 0.2) is 28.7 Å². The van der Waals surface area contributed by atoms with Gasteiger partial charge in [0.05, 0.1) is 10.6 Å². The largest absolute Gasteiger partial charge is 0.451 e. The Morgan fingerprint density at radius 3 is 2.83 bits per heavy atom. The molecule has 1 aliphatic rings. The van der Waals surface area contributed by atoms with Gasteiger partial charge in [-0.1, -0.05) is 23.7 Å². The summed E-state index contributed by atoms with van der Waals surface area (Å²) in [5.41, 5.74) is 5.83. The zero-order valence-corrected chi connectivity index (χ0v) is 10.8. The number of Topliss-reactive ketones (excluding diaryl/α,β-unsaturated/α-hetero) is 1. The fourth-order valence-corrected chi connectivity index (χ4v) is 2.49. The summed E-state index contributed by atoms with van der Waals surface area (Å²) in [5, 5.41) is 1.34. The fraction of sp³-hybridized carbons (Fsp3) is 0.357. The Morgan fingerprint density at radius 1 is 1.50 bits per heavy atom. The van der Waals surface area contributed by atoms with E-state index in [-0.39, 0.29) is 11.7 Å². The average Bonchev–Trinajstić information content (AvgIpc) is 3.09. The molecule has 1 atom stereocenters. The molecule has 1 aromatic carbocycles. The van der Waals surface area contributed by atoms with Crippen molar-refractivity contribution in [3.8, 4) is 0 Å². The summed E-state index contributed by atoms with van der Waals surface area (Å²) in [5.74, 6) is 0.431. The van der Waals surface area contributed by atoms with Crippen molar-refractivity contribution in [2.24, 2.45) is 11.7 Å². The monoisotopic (exact) mass is 263 g/mol. The molecular formula is C14H14ClNO2. The maximum Gasteiger partial charge on any atom is 0.217 e. The molecule has 0 saturated heterocycles. The highest BCUT2D eigenvalue weighted by Gasteiger charge is 2.45. The molecule has 1 fully saturated rings. The molecule has 3 rings (SSSR count). The number of fused-ring (bicyclic) bond motifs is 1. The third-order valence-electron chi connectivity index (χ3n) is 3.63. The lowest BCUT2D eigenvalue weighted by atomic mass is 9.90. The van der Waals surface area contributed by atoms with Crippen LogP contribution in [0.4, 0.5) is 0 Å².